The zero-order chi connectivity index (χ0) is 22.0. The average Bonchev–Trinajstić information content (AvgIpc) is 3.04. The van der Waals surface area contributed by atoms with Crippen LogP contribution >= 0.6 is 0 Å². The van der Waals surface area contributed by atoms with Gasteiger partial charge in [-0.3, -0.25) is 19.3 Å². The predicted molar refractivity (Wildman–Crippen MR) is 114 cm³/mol. The second-order valence-electron chi connectivity index (χ2n) is 7.52. The molecule has 0 fully saturated rings. The van der Waals surface area contributed by atoms with Gasteiger partial charge in [0, 0.05) is 25.6 Å². The van der Waals surface area contributed by atoms with Crippen LogP contribution in [0.5, 0.6) is 0 Å². The molecular weight excluding hydrogens is 395 g/mol. The Morgan fingerprint density at radius 2 is 1.42 bits per heavy atom. The lowest BCUT2D eigenvalue weighted by molar-refractivity contribution is -0.134. The first kappa shape index (κ1) is 20.5. The molecular formula is C25H21FN2O3. The van der Waals surface area contributed by atoms with Gasteiger partial charge in [-0.2, -0.15) is 0 Å². The van der Waals surface area contributed by atoms with Crippen LogP contribution in [0.4, 0.5) is 4.39 Å². The SMILES string of the molecule is CN(Cc1ccccc1F)C(=O)[C@H](Cc1ccccc1)N1C(=O)c2ccccc2C1=O. The van der Waals surface area contributed by atoms with Crippen molar-refractivity contribution in [3.8, 4) is 0 Å². The highest BCUT2D eigenvalue weighted by molar-refractivity contribution is 6.22. The first-order valence-corrected chi connectivity index (χ1v) is 9.96. The standard InChI is InChI=1S/C25H21FN2O3/c1-27(16-18-11-5-8-14-21(18)26)25(31)22(15-17-9-3-2-4-10-17)28-23(29)19-12-6-7-13-20(19)24(28)30/h2-14,22H,15-16H2,1H3/t22-/m0/s1. The van der Waals surface area contributed by atoms with Crippen molar-refractivity contribution >= 4 is 17.7 Å². The predicted octanol–water partition coefficient (Wildman–Crippen LogP) is 3.69. The summed E-state index contributed by atoms with van der Waals surface area (Å²) in [6.07, 6.45) is 0.173. The third-order valence-corrected chi connectivity index (χ3v) is 5.44. The summed E-state index contributed by atoms with van der Waals surface area (Å²) in [6, 6.07) is 20.9. The van der Waals surface area contributed by atoms with Gasteiger partial charge in [-0.05, 0) is 23.8 Å². The molecule has 0 spiro atoms. The van der Waals surface area contributed by atoms with Crippen molar-refractivity contribution in [3.63, 3.8) is 0 Å². The van der Waals surface area contributed by atoms with E-state index in [4.69, 9.17) is 0 Å². The molecule has 1 aliphatic heterocycles. The third kappa shape index (κ3) is 3.97. The lowest BCUT2D eigenvalue weighted by Crippen LogP contribution is -2.51. The summed E-state index contributed by atoms with van der Waals surface area (Å²) in [5.41, 5.74) is 1.75. The maximum atomic E-state index is 14.1. The fourth-order valence-electron chi connectivity index (χ4n) is 3.83. The Hall–Kier alpha value is -3.80. The molecule has 0 radical (unpaired) electrons. The minimum absolute atomic E-state index is 0.0277. The minimum Gasteiger partial charge on any atom is -0.340 e. The van der Waals surface area contributed by atoms with Gasteiger partial charge in [0.05, 0.1) is 11.1 Å². The summed E-state index contributed by atoms with van der Waals surface area (Å²) in [5.74, 6) is -1.83. The summed E-state index contributed by atoms with van der Waals surface area (Å²) in [4.78, 5) is 42.0. The van der Waals surface area contributed by atoms with E-state index in [1.807, 2.05) is 30.3 Å². The van der Waals surface area contributed by atoms with Gasteiger partial charge >= 0.3 is 0 Å². The van der Waals surface area contributed by atoms with Crippen molar-refractivity contribution in [2.45, 2.75) is 19.0 Å². The van der Waals surface area contributed by atoms with Crippen LogP contribution in [-0.2, 0) is 17.8 Å². The van der Waals surface area contributed by atoms with Gasteiger partial charge < -0.3 is 4.90 Å². The Bertz CT molecular complexity index is 1110. The van der Waals surface area contributed by atoms with E-state index in [1.165, 1.54) is 11.0 Å². The summed E-state index contributed by atoms with van der Waals surface area (Å²) >= 11 is 0. The van der Waals surface area contributed by atoms with Crippen molar-refractivity contribution in [2.75, 3.05) is 7.05 Å². The van der Waals surface area contributed by atoms with E-state index in [2.05, 4.69) is 0 Å². The Labute approximate surface area is 179 Å². The topological polar surface area (TPSA) is 57.7 Å². The van der Waals surface area contributed by atoms with E-state index < -0.39 is 29.6 Å². The van der Waals surface area contributed by atoms with E-state index in [-0.39, 0.29) is 24.1 Å². The van der Waals surface area contributed by atoms with E-state index in [0.29, 0.717) is 5.56 Å². The lowest BCUT2D eigenvalue weighted by atomic mass is 10.0. The van der Waals surface area contributed by atoms with Crippen molar-refractivity contribution in [3.05, 3.63) is 107 Å². The van der Waals surface area contributed by atoms with E-state index in [9.17, 15) is 18.8 Å². The smallest absolute Gasteiger partial charge is 0.262 e. The number of hydrogen-bond acceptors (Lipinski definition) is 3. The first-order valence-electron chi connectivity index (χ1n) is 9.96. The second kappa shape index (κ2) is 8.52. The molecule has 3 aromatic rings. The van der Waals surface area contributed by atoms with Gasteiger partial charge in [0.1, 0.15) is 11.9 Å². The van der Waals surface area contributed by atoms with Crippen LogP contribution in [0.25, 0.3) is 0 Å². The van der Waals surface area contributed by atoms with Crippen molar-refractivity contribution in [2.24, 2.45) is 0 Å². The molecule has 6 heteroatoms. The fraction of sp³-hybridized carbons (Fsp3) is 0.160. The number of carbonyl (C=O) groups is 3. The van der Waals surface area contributed by atoms with Gasteiger partial charge in [-0.25, -0.2) is 4.39 Å². The molecule has 0 saturated heterocycles. The summed E-state index contributed by atoms with van der Waals surface area (Å²) in [7, 11) is 1.55. The molecule has 1 atom stereocenters. The quantitative estimate of drug-likeness (QED) is 0.576. The lowest BCUT2D eigenvalue weighted by Gasteiger charge is -2.29. The Balaban J connectivity index is 1.66. The van der Waals surface area contributed by atoms with E-state index >= 15 is 0 Å². The summed E-state index contributed by atoms with van der Waals surface area (Å²) in [5, 5.41) is 0. The number of rotatable bonds is 6. The number of halogens is 1. The minimum atomic E-state index is -1.04. The van der Waals surface area contributed by atoms with Crippen LogP contribution < -0.4 is 0 Å². The van der Waals surface area contributed by atoms with Crippen molar-refractivity contribution in [1.29, 1.82) is 0 Å². The van der Waals surface area contributed by atoms with Gasteiger partial charge in [-0.1, -0.05) is 60.7 Å². The van der Waals surface area contributed by atoms with Gasteiger partial charge in [-0.15, -0.1) is 0 Å². The summed E-state index contributed by atoms with van der Waals surface area (Å²) in [6.45, 7) is 0.0277. The van der Waals surface area contributed by atoms with Gasteiger partial charge in [0.2, 0.25) is 5.91 Å². The van der Waals surface area contributed by atoms with Crippen LogP contribution in [0.15, 0.2) is 78.9 Å². The van der Waals surface area contributed by atoms with Crippen LogP contribution in [0, 0.1) is 5.82 Å². The average molecular weight is 416 g/mol. The number of amides is 3. The zero-order valence-corrected chi connectivity index (χ0v) is 17.0. The first-order chi connectivity index (χ1) is 15.0. The number of carbonyl (C=O) groups excluding carboxylic acids is 3. The van der Waals surface area contributed by atoms with Gasteiger partial charge in [0.25, 0.3) is 11.8 Å². The molecule has 0 saturated carbocycles. The Morgan fingerprint density at radius 1 is 0.871 bits per heavy atom. The highest BCUT2D eigenvalue weighted by Gasteiger charge is 2.43. The molecule has 3 amide bonds. The molecule has 0 aliphatic carbocycles. The molecule has 3 aromatic carbocycles. The molecule has 0 bridgehead atoms. The second-order valence-corrected chi connectivity index (χ2v) is 7.52. The van der Waals surface area contributed by atoms with Crippen molar-refractivity contribution in [1.82, 2.24) is 9.80 Å². The fourth-order valence-corrected chi connectivity index (χ4v) is 3.83. The van der Waals surface area contributed by atoms with E-state index in [0.717, 1.165) is 10.5 Å². The van der Waals surface area contributed by atoms with Crippen LogP contribution in [-0.4, -0.2) is 40.6 Å². The largest absolute Gasteiger partial charge is 0.340 e. The molecule has 4 rings (SSSR count). The zero-order valence-electron chi connectivity index (χ0n) is 17.0. The maximum absolute atomic E-state index is 14.1. The summed E-state index contributed by atoms with van der Waals surface area (Å²) < 4.78 is 14.1. The molecule has 5 nitrogen and oxygen atoms in total. The molecule has 0 N–H and O–H groups in total. The van der Waals surface area contributed by atoms with E-state index in [1.54, 1.807) is 49.5 Å². The molecule has 1 heterocycles. The number of benzene rings is 3. The normalized spacial score (nSPS) is 13.8. The van der Waals surface area contributed by atoms with Gasteiger partial charge in [0.15, 0.2) is 0 Å². The molecule has 1 aliphatic rings. The van der Waals surface area contributed by atoms with Crippen molar-refractivity contribution < 1.29 is 18.8 Å². The molecule has 0 unspecified atom stereocenters. The number of nitrogens with zero attached hydrogens (tertiary/aromatic N) is 2. The maximum Gasteiger partial charge on any atom is 0.262 e. The highest BCUT2D eigenvalue weighted by atomic mass is 19.1. The van der Waals surface area contributed by atoms with Crippen LogP contribution in [0.1, 0.15) is 31.8 Å². The number of fused-ring (bicyclic) bond motifs is 1. The highest BCUT2D eigenvalue weighted by Crippen LogP contribution is 2.27. The number of likely N-dealkylation sites (N-methyl/N-ethyl adjacent to an activating group) is 1. The Kier molecular flexibility index (Phi) is 5.62. The molecule has 31 heavy (non-hydrogen) atoms. The number of imide groups is 1. The van der Waals surface area contributed by atoms with Crippen LogP contribution in [0.2, 0.25) is 0 Å². The Morgan fingerprint density at radius 3 is 2.03 bits per heavy atom. The third-order valence-electron chi connectivity index (χ3n) is 5.44. The monoisotopic (exact) mass is 416 g/mol. The molecule has 0 aromatic heterocycles. The van der Waals surface area contributed by atoms with Crippen LogP contribution in [0.3, 0.4) is 0 Å². The number of hydrogen-bond donors (Lipinski definition) is 0. The molecule has 156 valence electrons.